The van der Waals surface area contributed by atoms with Crippen molar-refractivity contribution in [3.05, 3.63) is 37.2 Å². The van der Waals surface area contributed by atoms with Gasteiger partial charge in [-0.25, -0.2) is 0 Å². The Bertz CT molecular complexity index is 191. The van der Waals surface area contributed by atoms with E-state index in [4.69, 9.17) is 18.9 Å². The van der Waals surface area contributed by atoms with Gasteiger partial charge in [-0.2, -0.15) is 0 Å². The Morgan fingerprint density at radius 1 is 0.667 bits per heavy atom. The van der Waals surface area contributed by atoms with Gasteiger partial charge in [0.25, 0.3) is 12.6 Å². The van der Waals surface area contributed by atoms with Crippen molar-refractivity contribution in [2.75, 3.05) is 0 Å². The second-order valence-electron chi connectivity index (χ2n) is 2.21. The fourth-order valence-electron chi connectivity index (χ4n) is 0.865. The number of hydrogen-bond donors (Lipinski definition) is 0. The molecule has 0 atom stereocenters. The number of rotatable bonds is 2. The van der Waals surface area contributed by atoms with Gasteiger partial charge in [0.2, 0.25) is 0 Å². The van der Waals surface area contributed by atoms with Gasteiger partial charge < -0.3 is 18.9 Å². The van der Waals surface area contributed by atoms with Crippen molar-refractivity contribution in [2.45, 2.75) is 12.6 Å². The van der Waals surface area contributed by atoms with Crippen molar-refractivity contribution < 1.29 is 18.9 Å². The minimum atomic E-state index is -0.349. The van der Waals surface area contributed by atoms with Gasteiger partial charge in [-0.05, 0) is 12.2 Å². The van der Waals surface area contributed by atoms with E-state index in [0.717, 1.165) is 0 Å². The fourth-order valence-corrected chi connectivity index (χ4v) is 0.865. The lowest BCUT2D eigenvalue weighted by atomic mass is 10.5. The van der Waals surface area contributed by atoms with Crippen LogP contribution >= 0.6 is 0 Å². The van der Waals surface area contributed by atoms with E-state index < -0.39 is 0 Å². The summed E-state index contributed by atoms with van der Waals surface area (Å²) in [6.07, 6.45) is 8.70. The van der Waals surface area contributed by atoms with Gasteiger partial charge in [-0.3, -0.25) is 0 Å². The molecule has 2 aliphatic rings. The first kappa shape index (κ1) is 7.09. The zero-order valence-electron chi connectivity index (χ0n) is 6.25. The zero-order valence-corrected chi connectivity index (χ0v) is 6.25. The van der Waals surface area contributed by atoms with Crippen molar-refractivity contribution in [2.24, 2.45) is 0 Å². The highest BCUT2D eigenvalue weighted by atomic mass is 16.7. The molecule has 0 radical (unpaired) electrons. The van der Waals surface area contributed by atoms with Crippen LogP contribution in [0.3, 0.4) is 0 Å². The fraction of sp³-hybridized carbons (Fsp3) is 0.250. The molecule has 0 fully saturated rings. The molecule has 12 heavy (non-hydrogen) atoms. The van der Waals surface area contributed by atoms with Crippen molar-refractivity contribution in [3.8, 4) is 0 Å². The maximum atomic E-state index is 4.99. The Morgan fingerprint density at radius 2 is 1.00 bits per heavy atom. The third kappa shape index (κ3) is 1.53. The van der Waals surface area contributed by atoms with Crippen LogP contribution in [0.15, 0.2) is 37.2 Å². The van der Waals surface area contributed by atoms with Crippen LogP contribution in [0.5, 0.6) is 0 Å². The molecule has 0 aliphatic carbocycles. The first-order chi connectivity index (χ1) is 5.95. The standard InChI is InChI=1S/C8H8O4/c1(7-9-3-4-10-7)2-8-11-5-6-12-8/h1-8H/b2-1+. The zero-order chi connectivity index (χ0) is 8.23. The lowest BCUT2D eigenvalue weighted by Crippen LogP contribution is -2.07. The number of ether oxygens (including phenoxy) is 4. The highest BCUT2D eigenvalue weighted by molar-refractivity contribution is 4.94. The molecule has 0 N–H and O–H groups in total. The molecule has 4 nitrogen and oxygen atoms in total. The normalized spacial score (nSPS) is 22.3. The van der Waals surface area contributed by atoms with Crippen molar-refractivity contribution >= 4 is 0 Å². The highest BCUT2D eigenvalue weighted by Gasteiger charge is 2.11. The van der Waals surface area contributed by atoms with Crippen LogP contribution in [0.2, 0.25) is 0 Å². The monoisotopic (exact) mass is 168 g/mol. The first-order valence-electron chi connectivity index (χ1n) is 3.55. The van der Waals surface area contributed by atoms with Gasteiger partial charge in [0.15, 0.2) is 0 Å². The molecule has 0 saturated heterocycles. The van der Waals surface area contributed by atoms with E-state index in [2.05, 4.69) is 0 Å². The lowest BCUT2D eigenvalue weighted by Gasteiger charge is -2.06. The molecule has 0 amide bonds. The molecule has 2 rings (SSSR count). The van der Waals surface area contributed by atoms with Gasteiger partial charge in [-0.1, -0.05) is 0 Å². The Labute approximate surface area is 69.7 Å². The molecule has 64 valence electrons. The molecule has 4 heteroatoms. The van der Waals surface area contributed by atoms with Crippen molar-refractivity contribution in [1.82, 2.24) is 0 Å². The summed E-state index contributed by atoms with van der Waals surface area (Å²) >= 11 is 0. The summed E-state index contributed by atoms with van der Waals surface area (Å²) in [5.74, 6) is 0. The molecule has 0 unspecified atom stereocenters. The van der Waals surface area contributed by atoms with Crippen LogP contribution in [0.1, 0.15) is 0 Å². The van der Waals surface area contributed by atoms with Gasteiger partial charge >= 0.3 is 0 Å². The van der Waals surface area contributed by atoms with Crippen LogP contribution in [-0.2, 0) is 18.9 Å². The molecule has 0 bridgehead atoms. The van der Waals surface area contributed by atoms with Gasteiger partial charge in [0.1, 0.15) is 25.0 Å². The Morgan fingerprint density at radius 3 is 1.33 bits per heavy atom. The summed E-state index contributed by atoms with van der Waals surface area (Å²) in [6.45, 7) is 0. The van der Waals surface area contributed by atoms with Crippen LogP contribution in [-0.4, -0.2) is 12.6 Å². The summed E-state index contributed by atoms with van der Waals surface area (Å²) in [5.41, 5.74) is 0. The van der Waals surface area contributed by atoms with Gasteiger partial charge in [0.05, 0.1) is 0 Å². The molecule has 0 aromatic rings. The van der Waals surface area contributed by atoms with E-state index in [1.807, 2.05) is 0 Å². The van der Waals surface area contributed by atoms with E-state index in [-0.39, 0.29) is 12.6 Å². The molecular weight excluding hydrogens is 160 g/mol. The third-order valence-corrected chi connectivity index (χ3v) is 1.39. The first-order valence-corrected chi connectivity index (χ1v) is 3.55. The summed E-state index contributed by atoms with van der Waals surface area (Å²) in [6, 6.07) is 0. The highest BCUT2D eigenvalue weighted by Crippen LogP contribution is 2.10. The molecule has 0 spiro atoms. The SMILES string of the molecule is C1=COC(/C=C/C2OC=CO2)O1. The van der Waals surface area contributed by atoms with Crippen LogP contribution < -0.4 is 0 Å². The second-order valence-corrected chi connectivity index (χ2v) is 2.21. The summed E-state index contributed by atoms with van der Waals surface area (Å²) in [4.78, 5) is 0. The smallest absolute Gasteiger partial charge is 0.259 e. The largest absolute Gasteiger partial charge is 0.456 e. The second kappa shape index (κ2) is 3.21. The van der Waals surface area contributed by atoms with Gasteiger partial charge in [-0.15, -0.1) is 0 Å². The Kier molecular flexibility index (Phi) is 1.90. The average Bonchev–Trinajstić information content (AvgIpc) is 2.74. The average molecular weight is 168 g/mol. The summed E-state index contributed by atoms with van der Waals surface area (Å²) < 4.78 is 20.0. The maximum Gasteiger partial charge on any atom is 0.259 e. The van der Waals surface area contributed by atoms with Crippen molar-refractivity contribution in [3.63, 3.8) is 0 Å². The summed E-state index contributed by atoms with van der Waals surface area (Å²) in [5, 5.41) is 0. The van der Waals surface area contributed by atoms with Crippen molar-refractivity contribution in [1.29, 1.82) is 0 Å². The number of hydrogen-bond acceptors (Lipinski definition) is 4. The van der Waals surface area contributed by atoms with Crippen LogP contribution in [0.4, 0.5) is 0 Å². The van der Waals surface area contributed by atoms with E-state index in [1.165, 1.54) is 25.0 Å². The molecule has 2 aliphatic heterocycles. The van der Waals surface area contributed by atoms with Crippen LogP contribution in [0.25, 0.3) is 0 Å². The maximum absolute atomic E-state index is 4.99. The molecule has 2 heterocycles. The van der Waals surface area contributed by atoms with E-state index in [0.29, 0.717) is 0 Å². The predicted octanol–water partition coefficient (Wildman–Crippen LogP) is 1.23. The molecule has 0 aromatic carbocycles. The van der Waals surface area contributed by atoms with E-state index >= 15 is 0 Å². The van der Waals surface area contributed by atoms with Crippen LogP contribution in [0, 0.1) is 0 Å². The topological polar surface area (TPSA) is 36.9 Å². The van der Waals surface area contributed by atoms with E-state index in [9.17, 15) is 0 Å². The Hall–Kier alpha value is -1.58. The minimum absolute atomic E-state index is 0.349. The third-order valence-electron chi connectivity index (χ3n) is 1.39. The molecular formula is C8H8O4. The quantitative estimate of drug-likeness (QED) is 0.581. The summed E-state index contributed by atoms with van der Waals surface area (Å²) in [7, 11) is 0. The lowest BCUT2D eigenvalue weighted by molar-refractivity contribution is 0.00463. The Balaban J connectivity index is 1.77. The minimum Gasteiger partial charge on any atom is -0.456 e. The predicted molar refractivity (Wildman–Crippen MR) is 39.3 cm³/mol. The molecule has 0 saturated carbocycles. The van der Waals surface area contributed by atoms with E-state index in [1.54, 1.807) is 12.2 Å². The van der Waals surface area contributed by atoms with Gasteiger partial charge in [0, 0.05) is 0 Å². The molecule has 0 aromatic heterocycles.